The van der Waals surface area contributed by atoms with Gasteiger partial charge in [-0.25, -0.2) is 0 Å². The number of ether oxygens (including phenoxy) is 2. The van der Waals surface area contributed by atoms with Crippen LogP contribution in [0, 0.1) is 0 Å². The van der Waals surface area contributed by atoms with Gasteiger partial charge in [-0.3, -0.25) is 9.59 Å². The molecule has 1 aromatic carbocycles. The van der Waals surface area contributed by atoms with Crippen LogP contribution in [-0.2, 0) is 19.1 Å². The third kappa shape index (κ3) is 4.35. The fraction of sp³-hybridized carbons (Fsp3) is 0.467. The van der Waals surface area contributed by atoms with Gasteiger partial charge in [0.1, 0.15) is 0 Å². The number of nitrogens with zero attached hydrogens (tertiary/aromatic N) is 1. The van der Waals surface area contributed by atoms with Crippen molar-refractivity contribution in [3.05, 3.63) is 35.9 Å². The monoisotopic (exact) mass is 279 g/mol. The average molecular weight is 279 g/mol. The molecule has 0 bridgehead atoms. The largest absolute Gasteiger partial charge is 0.469 e. The topological polar surface area (TPSA) is 55.8 Å². The van der Waals surface area contributed by atoms with Crippen LogP contribution in [0.3, 0.4) is 0 Å². The molecule has 5 heteroatoms. The number of carbonyl (C=O) groups excluding carboxylic acids is 2. The summed E-state index contributed by atoms with van der Waals surface area (Å²) in [7, 11) is 2.84. The van der Waals surface area contributed by atoms with Crippen molar-refractivity contribution in [2.24, 2.45) is 0 Å². The molecule has 1 amide bonds. The molecular weight excluding hydrogens is 258 g/mol. The van der Waals surface area contributed by atoms with Gasteiger partial charge in [0.15, 0.2) is 6.10 Å². The average Bonchev–Trinajstić information content (AvgIpc) is 2.49. The summed E-state index contributed by atoms with van der Waals surface area (Å²) in [5.41, 5.74) is 0.802. The Bertz CT molecular complexity index is 433. The summed E-state index contributed by atoms with van der Waals surface area (Å²) in [4.78, 5) is 25.2. The lowest BCUT2D eigenvalue weighted by Crippen LogP contribution is -2.37. The van der Waals surface area contributed by atoms with Crippen molar-refractivity contribution in [3.63, 3.8) is 0 Å². The second-order valence-electron chi connectivity index (χ2n) is 4.27. The predicted octanol–water partition coefficient (Wildman–Crippen LogP) is 1.79. The van der Waals surface area contributed by atoms with Gasteiger partial charge < -0.3 is 14.4 Å². The van der Waals surface area contributed by atoms with E-state index in [1.165, 1.54) is 14.2 Å². The minimum atomic E-state index is -0.645. The highest BCUT2D eigenvalue weighted by Gasteiger charge is 2.25. The van der Waals surface area contributed by atoms with Gasteiger partial charge in [-0.1, -0.05) is 30.3 Å². The first-order valence-corrected chi connectivity index (χ1v) is 6.57. The third-order valence-electron chi connectivity index (χ3n) is 3.07. The Morgan fingerprint density at radius 3 is 2.35 bits per heavy atom. The zero-order valence-electron chi connectivity index (χ0n) is 12.2. The highest BCUT2D eigenvalue weighted by Crippen LogP contribution is 2.19. The number of methoxy groups -OCH3 is 2. The zero-order chi connectivity index (χ0) is 15.0. The van der Waals surface area contributed by atoms with E-state index in [0.29, 0.717) is 13.1 Å². The van der Waals surface area contributed by atoms with Crippen molar-refractivity contribution in [2.75, 3.05) is 27.3 Å². The first-order valence-electron chi connectivity index (χ1n) is 6.57. The maximum atomic E-state index is 12.5. The summed E-state index contributed by atoms with van der Waals surface area (Å²) in [6.07, 6.45) is -0.463. The fourth-order valence-corrected chi connectivity index (χ4v) is 1.93. The molecule has 20 heavy (non-hydrogen) atoms. The summed E-state index contributed by atoms with van der Waals surface area (Å²) in [6.45, 7) is 2.71. The summed E-state index contributed by atoms with van der Waals surface area (Å²) >= 11 is 0. The van der Waals surface area contributed by atoms with E-state index < -0.39 is 6.10 Å². The fourth-order valence-electron chi connectivity index (χ4n) is 1.93. The van der Waals surface area contributed by atoms with E-state index in [9.17, 15) is 9.59 Å². The smallest absolute Gasteiger partial charge is 0.307 e. The van der Waals surface area contributed by atoms with Crippen molar-refractivity contribution in [3.8, 4) is 0 Å². The highest BCUT2D eigenvalue weighted by atomic mass is 16.5. The summed E-state index contributed by atoms with van der Waals surface area (Å²) in [5, 5.41) is 0. The minimum Gasteiger partial charge on any atom is -0.469 e. The zero-order valence-corrected chi connectivity index (χ0v) is 12.2. The van der Waals surface area contributed by atoms with Crippen LogP contribution in [0.5, 0.6) is 0 Å². The Morgan fingerprint density at radius 2 is 1.85 bits per heavy atom. The SMILES string of the molecule is CCN(CCC(=O)OC)C(=O)C(OC)c1ccccc1. The lowest BCUT2D eigenvalue weighted by molar-refractivity contribution is -0.145. The van der Waals surface area contributed by atoms with Gasteiger partial charge in [0.2, 0.25) is 0 Å². The second kappa shape index (κ2) is 8.32. The van der Waals surface area contributed by atoms with Crippen LogP contribution in [0.25, 0.3) is 0 Å². The van der Waals surface area contributed by atoms with Crippen molar-refractivity contribution in [2.45, 2.75) is 19.4 Å². The molecule has 0 saturated carbocycles. The van der Waals surface area contributed by atoms with Crippen LogP contribution in [0.1, 0.15) is 25.0 Å². The molecule has 0 spiro atoms. The standard InChI is InChI=1S/C15H21NO4/c1-4-16(11-10-13(17)19-2)15(18)14(20-3)12-8-6-5-7-9-12/h5-9,14H,4,10-11H2,1-3H3. The van der Waals surface area contributed by atoms with Gasteiger partial charge in [0, 0.05) is 20.2 Å². The molecule has 0 radical (unpaired) electrons. The van der Waals surface area contributed by atoms with Gasteiger partial charge in [0.25, 0.3) is 5.91 Å². The molecule has 0 aliphatic rings. The molecule has 0 saturated heterocycles. The van der Waals surface area contributed by atoms with E-state index >= 15 is 0 Å². The van der Waals surface area contributed by atoms with Gasteiger partial charge in [0.05, 0.1) is 13.5 Å². The van der Waals surface area contributed by atoms with Crippen molar-refractivity contribution in [1.29, 1.82) is 0 Å². The quantitative estimate of drug-likeness (QED) is 0.714. The molecule has 0 aliphatic heterocycles. The number of carbonyl (C=O) groups is 2. The Hall–Kier alpha value is -1.88. The number of esters is 1. The molecule has 110 valence electrons. The molecule has 1 atom stereocenters. The summed E-state index contributed by atoms with van der Waals surface area (Å²) in [5.74, 6) is -0.477. The number of likely N-dealkylation sites (N-methyl/N-ethyl adjacent to an activating group) is 1. The van der Waals surface area contributed by atoms with E-state index in [4.69, 9.17) is 4.74 Å². The Kier molecular flexibility index (Phi) is 6.73. The molecule has 0 fully saturated rings. The van der Waals surface area contributed by atoms with Crippen LogP contribution < -0.4 is 0 Å². The molecule has 1 rings (SSSR count). The minimum absolute atomic E-state index is 0.148. The van der Waals surface area contributed by atoms with Crippen LogP contribution in [0.15, 0.2) is 30.3 Å². The Morgan fingerprint density at radius 1 is 1.20 bits per heavy atom. The lowest BCUT2D eigenvalue weighted by atomic mass is 10.1. The highest BCUT2D eigenvalue weighted by molar-refractivity contribution is 5.82. The number of hydrogen-bond acceptors (Lipinski definition) is 4. The first-order chi connectivity index (χ1) is 9.63. The first kappa shape index (κ1) is 16.2. The van der Waals surface area contributed by atoms with E-state index in [1.54, 1.807) is 4.90 Å². The van der Waals surface area contributed by atoms with Crippen LogP contribution in [-0.4, -0.2) is 44.1 Å². The maximum absolute atomic E-state index is 12.5. The Labute approximate surface area is 119 Å². The van der Waals surface area contributed by atoms with Crippen molar-refractivity contribution < 1.29 is 19.1 Å². The lowest BCUT2D eigenvalue weighted by Gasteiger charge is -2.25. The number of rotatable bonds is 7. The predicted molar refractivity (Wildman–Crippen MR) is 75.1 cm³/mol. The molecule has 0 aromatic heterocycles. The molecule has 1 unspecified atom stereocenters. The molecular formula is C15H21NO4. The van der Waals surface area contributed by atoms with E-state index in [2.05, 4.69) is 4.74 Å². The second-order valence-corrected chi connectivity index (χ2v) is 4.27. The van der Waals surface area contributed by atoms with E-state index in [1.807, 2.05) is 37.3 Å². The van der Waals surface area contributed by atoms with E-state index in [-0.39, 0.29) is 18.3 Å². The molecule has 0 heterocycles. The van der Waals surface area contributed by atoms with Crippen LogP contribution in [0.2, 0.25) is 0 Å². The molecule has 0 N–H and O–H groups in total. The number of amides is 1. The molecule has 5 nitrogen and oxygen atoms in total. The van der Waals surface area contributed by atoms with Crippen LogP contribution >= 0.6 is 0 Å². The Balaban J connectivity index is 2.75. The van der Waals surface area contributed by atoms with Gasteiger partial charge in [-0.05, 0) is 12.5 Å². The van der Waals surface area contributed by atoms with Crippen molar-refractivity contribution >= 4 is 11.9 Å². The summed E-state index contributed by atoms with van der Waals surface area (Å²) in [6, 6.07) is 9.30. The van der Waals surface area contributed by atoms with Gasteiger partial charge >= 0.3 is 5.97 Å². The molecule has 1 aromatic rings. The van der Waals surface area contributed by atoms with Crippen LogP contribution in [0.4, 0.5) is 0 Å². The number of hydrogen-bond donors (Lipinski definition) is 0. The van der Waals surface area contributed by atoms with Gasteiger partial charge in [-0.15, -0.1) is 0 Å². The maximum Gasteiger partial charge on any atom is 0.307 e. The van der Waals surface area contributed by atoms with E-state index in [0.717, 1.165) is 5.56 Å². The normalized spacial score (nSPS) is 11.8. The number of benzene rings is 1. The van der Waals surface area contributed by atoms with Gasteiger partial charge in [-0.2, -0.15) is 0 Å². The molecule has 0 aliphatic carbocycles. The third-order valence-corrected chi connectivity index (χ3v) is 3.07. The van der Waals surface area contributed by atoms with Crippen molar-refractivity contribution in [1.82, 2.24) is 4.90 Å². The summed E-state index contributed by atoms with van der Waals surface area (Å²) < 4.78 is 9.89.